The van der Waals surface area contributed by atoms with Crippen molar-refractivity contribution in [3.8, 4) is 0 Å². The first-order valence-corrected chi connectivity index (χ1v) is 6.74. The zero-order valence-electron chi connectivity index (χ0n) is 9.89. The molecule has 3 N–H and O–H groups in total. The van der Waals surface area contributed by atoms with Crippen molar-refractivity contribution in [1.82, 2.24) is 10.3 Å². The number of carbonyl (C=O) groups is 1. The summed E-state index contributed by atoms with van der Waals surface area (Å²) in [5.74, 6) is 0.755. The van der Waals surface area contributed by atoms with Crippen molar-refractivity contribution >= 4 is 29.2 Å². The summed E-state index contributed by atoms with van der Waals surface area (Å²) < 4.78 is 13.2. The molecule has 0 bridgehead atoms. The van der Waals surface area contributed by atoms with E-state index in [-0.39, 0.29) is 11.6 Å². The Bertz CT molecular complexity index is 614. The minimum absolute atomic E-state index is 0.0639. The molecule has 0 saturated carbocycles. The van der Waals surface area contributed by atoms with Crippen LogP contribution >= 0.6 is 11.8 Å². The normalized spacial score (nSPS) is 18.4. The van der Waals surface area contributed by atoms with Crippen LogP contribution < -0.4 is 11.2 Å². The predicted molar refractivity (Wildman–Crippen MR) is 72.7 cm³/mol. The second kappa shape index (κ2) is 4.58. The molecule has 2 heterocycles. The molecule has 3 rings (SSSR count). The van der Waals surface area contributed by atoms with Gasteiger partial charge in [-0.25, -0.2) is 9.82 Å². The van der Waals surface area contributed by atoms with E-state index >= 15 is 0 Å². The van der Waals surface area contributed by atoms with Crippen molar-refractivity contribution in [2.75, 3.05) is 18.0 Å². The van der Waals surface area contributed by atoms with Crippen LogP contribution in [-0.4, -0.2) is 28.9 Å². The van der Waals surface area contributed by atoms with Gasteiger partial charge in [-0.3, -0.25) is 4.79 Å². The molecule has 1 aromatic rings. The second-order valence-electron chi connectivity index (χ2n) is 4.14. The Morgan fingerprint density at radius 1 is 1.47 bits per heavy atom. The number of hydrazone groups is 1. The van der Waals surface area contributed by atoms with Crippen LogP contribution in [0.5, 0.6) is 0 Å². The van der Waals surface area contributed by atoms with Crippen molar-refractivity contribution in [2.24, 2.45) is 5.10 Å². The molecule has 0 fully saturated rings. The molecule has 0 unspecified atom stereocenters. The van der Waals surface area contributed by atoms with E-state index in [0.29, 0.717) is 23.6 Å². The number of nitrogen functional groups attached to an aromatic ring is 1. The lowest BCUT2D eigenvalue weighted by atomic mass is 10.1. The molecule has 0 radical (unpaired) electrons. The summed E-state index contributed by atoms with van der Waals surface area (Å²) >= 11 is 1.58. The van der Waals surface area contributed by atoms with Crippen molar-refractivity contribution < 1.29 is 9.18 Å². The van der Waals surface area contributed by atoms with Gasteiger partial charge in [-0.1, -0.05) is 0 Å². The molecule has 0 atom stereocenters. The van der Waals surface area contributed by atoms with Crippen molar-refractivity contribution in [3.05, 3.63) is 40.7 Å². The molecule has 1 amide bonds. The number of amides is 1. The lowest BCUT2D eigenvalue weighted by Crippen LogP contribution is -2.45. The molecule has 0 spiro atoms. The SMILES string of the molecule is Nc1cc(C2=NNC(=O)C3=CSCCN32)ccc1F. The van der Waals surface area contributed by atoms with Gasteiger partial charge in [0.15, 0.2) is 5.84 Å². The number of anilines is 1. The van der Waals surface area contributed by atoms with E-state index in [4.69, 9.17) is 5.73 Å². The van der Waals surface area contributed by atoms with Crippen LogP contribution in [0.4, 0.5) is 10.1 Å². The molecule has 0 aromatic heterocycles. The van der Waals surface area contributed by atoms with Crippen molar-refractivity contribution in [2.45, 2.75) is 0 Å². The number of hydrogen-bond donors (Lipinski definition) is 2. The number of carbonyl (C=O) groups excluding carboxylic acids is 1. The first-order chi connectivity index (χ1) is 9.16. The predicted octanol–water partition coefficient (Wildman–Crippen LogP) is 1.09. The Morgan fingerprint density at radius 3 is 3.11 bits per heavy atom. The number of rotatable bonds is 1. The van der Waals surface area contributed by atoms with Crippen molar-refractivity contribution in [1.29, 1.82) is 0 Å². The molecule has 2 aliphatic heterocycles. The van der Waals surface area contributed by atoms with E-state index in [0.717, 1.165) is 5.75 Å². The molecule has 5 nitrogen and oxygen atoms in total. The maximum atomic E-state index is 13.2. The Hall–Kier alpha value is -2.02. The van der Waals surface area contributed by atoms with Gasteiger partial charge in [0.25, 0.3) is 5.91 Å². The fraction of sp³-hybridized carbons (Fsp3) is 0.167. The highest BCUT2D eigenvalue weighted by Crippen LogP contribution is 2.25. The van der Waals surface area contributed by atoms with Gasteiger partial charge in [-0.2, -0.15) is 5.10 Å². The van der Waals surface area contributed by atoms with E-state index in [1.54, 1.807) is 23.2 Å². The number of amidine groups is 1. The first kappa shape index (κ1) is 12.0. The fourth-order valence-corrected chi connectivity index (χ4v) is 2.78. The fourth-order valence-electron chi connectivity index (χ4n) is 1.99. The van der Waals surface area contributed by atoms with Gasteiger partial charge in [-0.05, 0) is 18.2 Å². The molecule has 98 valence electrons. The van der Waals surface area contributed by atoms with Crippen LogP contribution in [0, 0.1) is 5.82 Å². The van der Waals surface area contributed by atoms with Gasteiger partial charge in [0, 0.05) is 23.3 Å². The molecule has 0 aliphatic carbocycles. The van der Waals surface area contributed by atoms with Crippen LogP contribution in [0.3, 0.4) is 0 Å². The number of halogens is 1. The molecule has 19 heavy (non-hydrogen) atoms. The molecule has 7 heteroatoms. The largest absolute Gasteiger partial charge is 0.396 e. The molecule has 0 saturated heterocycles. The van der Waals surface area contributed by atoms with Crippen LogP contribution in [0.25, 0.3) is 0 Å². The minimum Gasteiger partial charge on any atom is -0.396 e. The third kappa shape index (κ3) is 2.06. The van der Waals surface area contributed by atoms with Gasteiger partial charge < -0.3 is 10.6 Å². The average molecular weight is 278 g/mol. The Morgan fingerprint density at radius 2 is 2.32 bits per heavy atom. The summed E-state index contributed by atoms with van der Waals surface area (Å²) in [6, 6.07) is 4.41. The highest BCUT2D eigenvalue weighted by molar-refractivity contribution is 8.02. The number of nitrogens with two attached hydrogens (primary N) is 1. The first-order valence-electron chi connectivity index (χ1n) is 5.69. The van der Waals surface area contributed by atoms with Gasteiger partial charge in [0.05, 0.1) is 5.69 Å². The lowest BCUT2D eigenvalue weighted by molar-refractivity contribution is -0.119. The molecule has 1 aromatic carbocycles. The Kier molecular flexibility index (Phi) is 2.90. The third-order valence-electron chi connectivity index (χ3n) is 2.92. The topological polar surface area (TPSA) is 70.7 Å². The average Bonchev–Trinajstić information content (AvgIpc) is 2.43. The van der Waals surface area contributed by atoms with E-state index in [2.05, 4.69) is 10.5 Å². The quantitative estimate of drug-likeness (QED) is 0.754. The summed E-state index contributed by atoms with van der Waals surface area (Å²) in [6.45, 7) is 0.681. The van der Waals surface area contributed by atoms with Gasteiger partial charge in [0.2, 0.25) is 0 Å². The number of fused-ring (bicyclic) bond motifs is 1. The van der Waals surface area contributed by atoms with E-state index in [9.17, 15) is 9.18 Å². The maximum Gasteiger partial charge on any atom is 0.288 e. The van der Waals surface area contributed by atoms with E-state index < -0.39 is 5.82 Å². The van der Waals surface area contributed by atoms with Crippen LogP contribution in [0.2, 0.25) is 0 Å². The van der Waals surface area contributed by atoms with E-state index in [1.807, 2.05) is 4.90 Å². The highest BCUT2D eigenvalue weighted by Gasteiger charge is 2.29. The Labute approximate surface area is 113 Å². The number of nitrogens with one attached hydrogen (secondary N) is 1. The zero-order chi connectivity index (χ0) is 13.4. The van der Waals surface area contributed by atoms with E-state index in [1.165, 1.54) is 12.1 Å². The summed E-state index contributed by atoms with van der Waals surface area (Å²) in [5, 5.41) is 5.86. The molecular formula is C12H11FN4OS. The standard InChI is InChI=1S/C12H11FN4OS/c13-8-2-1-7(5-9(8)14)11-15-16-12(18)10-6-19-4-3-17(10)11/h1-2,5-6H,3-4,14H2,(H,16,18). The monoisotopic (exact) mass is 278 g/mol. The van der Waals surface area contributed by atoms with Gasteiger partial charge >= 0.3 is 0 Å². The summed E-state index contributed by atoms with van der Waals surface area (Å²) in [6.07, 6.45) is 0. The van der Waals surface area contributed by atoms with Gasteiger partial charge in [0.1, 0.15) is 11.5 Å². The highest BCUT2D eigenvalue weighted by atomic mass is 32.2. The number of thioether (sulfide) groups is 1. The molecule has 2 aliphatic rings. The van der Waals surface area contributed by atoms with Gasteiger partial charge in [-0.15, -0.1) is 11.8 Å². The number of nitrogens with zero attached hydrogens (tertiary/aromatic N) is 2. The number of hydrogen-bond acceptors (Lipinski definition) is 5. The zero-order valence-corrected chi connectivity index (χ0v) is 10.7. The second-order valence-corrected chi connectivity index (χ2v) is 5.12. The molecular weight excluding hydrogens is 267 g/mol. The van der Waals surface area contributed by atoms with Crippen LogP contribution in [0.15, 0.2) is 34.4 Å². The lowest BCUT2D eigenvalue weighted by Gasteiger charge is -2.33. The van der Waals surface area contributed by atoms with Crippen LogP contribution in [-0.2, 0) is 4.79 Å². The Balaban J connectivity index is 2.04. The summed E-state index contributed by atoms with van der Waals surface area (Å²) in [7, 11) is 0. The minimum atomic E-state index is -0.464. The summed E-state index contributed by atoms with van der Waals surface area (Å²) in [5.41, 5.74) is 9.32. The third-order valence-corrected chi connectivity index (χ3v) is 3.73. The number of benzene rings is 1. The van der Waals surface area contributed by atoms with Crippen LogP contribution in [0.1, 0.15) is 5.56 Å². The van der Waals surface area contributed by atoms with Crippen molar-refractivity contribution in [3.63, 3.8) is 0 Å². The smallest absolute Gasteiger partial charge is 0.288 e. The maximum absolute atomic E-state index is 13.2. The summed E-state index contributed by atoms with van der Waals surface area (Å²) in [4.78, 5) is 13.5.